The largest absolute Gasteiger partial charge is 0.395 e. The van der Waals surface area contributed by atoms with Crippen LogP contribution < -0.4 is 5.32 Å². The summed E-state index contributed by atoms with van der Waals surface area (Å²) in [5.41, 5.74) is 0. The van der Waals surface area contributed by atoms with Gasteiger partial charge in [0.25, 0.3) is 0 Å². The molecule has 0 saturated carbocycles. The Morgan fingerprint density at radius 3 is 2.55 bits per heavy atom. The Morgan fingerprint density at radius 1 is 1.36 bits per heavy atom. The van der Waals surface area contributed by atoms with Gasteiger partial charge in [0, 0.05) is 6.54 Å². The maximum Gasteiger partial charge on any atom is 0.0977 e. The van der Waals surface area contributed by atoms with Crippen molar-refractivity contribution >= 4 is 0 Å². The first-order valence-corrected chi connectivity index (χ1v) is 3.87. The van der Waals surface area contributed by atoms with Crippen LogP contribution in [0.3, 0.4) is 0 Å². The zero-order valence-electron chi connectivity index (χ0n) is 6.57. The zero-order chi connectivity index (χ0) is 8.43. The number of aliphatic hydroxyl groups is 3. The molecule has 66 valence electrons. The second-order valence-corrected chi connectivity index (χ2v) is 3.16. The van der Waals surface area contributed by atoms with Crippen molar-refractivity contribution in [3.05, 3.63) is 0 Å². The van der Waals surface area contributed by atoms with Gasteiger partial charge in [-0.3, -0.25) is 0 Å². The topological polar surface area (TPSA) is 72.7 Å². The lowest BCUT2D eigenvalue weighted by atomic mass is 9.91. The molecule has 0 aromatic rings. The molecule has 0 aromatic heterocycles. The Kier molecular flexibility index (Phi) is 2.84. The van der Waals surface area contributed by atoms with E-state index in [2.05, 4.69) is 5.32 Å². The molecule has 11 heavy (non-hydrogen) atoms. The van der Waals surface area contributed by atoms with E-state index >= 15 is 0 Å². The average Bonchev–Trinajstić information content (AvgIpc) is 2.01. The van der Waals surface area contributed by atoms with Crippen molar-refractivity contribution in [2.24, 2.45) is 5.92 Å². The molecule has 0 aromatic carbocycles. The van der Waals surface area contributed by atoms with Gasteiger partial charge in [-0.2, -0.15) is 0 Å². The number of hydrogen-bond donors (Lipinski definition) is 4. The van der Waals surface area contributed by atoms with E-state index in [0.29, 0.717) is 6.54 Å². The number of rotatable bonds is 1. The van der Waals surface area contributed by atoms with Crippen molar-refractivity contribution in [2.45, 2.75) is 25.2 Å². The van der Waals surface area contributed by atoms with E-state index < -0.39 is 12.2 Å². The molecule has 4 N–H and O–H groups in total. The fourth-order valence-electron chi connectivity index (χ4n) is 1.33. The van der Waals surface area contributed by atoms with Crippen molar-refractivity contribution < 1.29 is 15.3 Å². The molecule has 4 nitrogen and oxygen atoms in total. The van der Waals surface area contributed by atoms with E-state index in [9.17, 15) is 10.2 Å². The van der Waals surface area contributed by atoms with Crippen LogP contribution in [-0.2, 0) is 0 Å². The highest BCUT2D eigenvalue weighted by Gasteiger charge is 2.34. The molecule has 2 unspecified atom stereocenters. The lowest BCUT2D eigenvalue weighted by Crippen LogP contribution is -2.57. The zero-order valence-corrected chi connectivity index (χ0v) is 6.57. The number of aliphatic hydroxyl groups excluding tert-OH is 3. The molecule has 1 saturated heterocycles. The summed E-state index contributed by atoms with van der Waals surface area (Å²) >= 11 is 0. The van der Waals surface area contributed by atoms with Gasteiger partial charge in [-0.05, 0) is 5.92 Å². The Bertz CT molecular complexity index is 129. The van der Waals surface area contributed by atoms with Gasteiger partial charge in [0.2, 0.25) is 0 Å². The molecule has 1 rings (SSSR count). The average molecular weight is 161 g/mol. The van der Waals surface area contributed by atoms with Crippen LogP contribution in [0.15, 0.2) is 0 Å². The molecule has 0 bridgehead atoms. The SMILES string of the molecule is CC1CNC(CO)[C@H](O)[C@H]1O. The van der Waals surface area contributed by atoms with Gasteiger partial charge in [0.05, 0.1) is 24.9 Å². The fourth-order valence-corrected chi connectivity index (χ4v) is 1.33. The van der Waals surface area contributed by atoms with Crippen molar-refractivity contribution in [1.82, 2.24) is 5.32 Å². The second-order valence-electron chi connectivity index (χ2n) is 3.16. The predicted octanol–water partition coefficient (Wildman–Crippen LogP) is -1.69. The highest BCUT2D eigenvalue weighted by molar-refractivity contribution is 4.89. The van der Waals surface area contributed by atoms with E-state index in [1.165, 1.54) is 0 Å². The smallest absolute Gasteiger partial charge is 0.0977 e. The van der Waals surface area contributed by atoms with E-state index in [4.69, 9.17) is 5.11 Å². The summed E-state index contributed by atoms with van der Waals surface area (Å²) in [7, 11) is 0. The normalized spacial score (nSPS) is 45.8. The third kappa shape index (κ3) is 1.70. The fraction of sp³-hybridized carbons (Fsp3) is 1.00. The van der Waals surface area contributed by atoms with E-state index in [1.54, 1.807) is 0 Å². The van der Waals surface area contributed by atoms with Crippen molar-refractivity contribution in [2.75, 3.05) is 13.2 Å². The molecule has 1 heterocycles. The Hall–Kier alpha value is -0.160. The molecule has 1 aliphatic heterocycles. The standard InChI is InChI=1S/C7H15NO3/c1-4-2-8-5(3-9)7(11)6(4)10/h4-11H,2-3H2,1H3/t4?,5?,6-,7-/m0/s1. The van der Waals surface area contributed by atoms with Crippen LogP contribution >= 0.6 is 0 Å². The quantitative estimate of drug-likeness (QED) is 0.370. The molecular weight excluding hydrogens is 146 g/mol. The monoisotopic (exact) mass is 161 g/mol. The van der Waals surface area contributed by atoms with Crippen molar-refractivity contribution in [3.8, 4) is 0 Å². The van der Waals surface area contributed by atoms with Gasteiger partial charge in [0.15, 0.2) is 0 Å². The minimum absolute atomic E-state index is 0.0489. The van der Waals surface area contributed by atoms with E-state index in [-0.39, 0.29) is 18.6 Å². The first-order valence-electron chi connectivity index (χ1n) is 3.87. The summed E-state index contributed by atoms with van der Waals surface area (Å²) in [4.78, 5) is 0. The molecule has 4 atom stereocenters. The second kappa shape index (κ2) is 3.49. The van der Waals surface area contributed by atoms with Crippen LogP contribution in [0, 0.1) is 5.92 Å². The minimum Gasteiger partial charge on any atom is -0.395 e. The third-order valence-corrected chi connectivity index (χ3v) is 2.24. The minimum atomic E-state index is -0.844. The first-order chi connectivity index (χ1) is 5.16. The van der Waals surface area contributed by atoms with Crippen LogP contribution in [0.25, 0.3) is 0 Å². The van der Waals surface area contributed by atoms with Crippen LogP contribution in [0.2, 0.25) is 0 Å². The Labute approximate surface area is 65.9 Å². The summed E-state index contributed by atoms with van der Waals surface area (Å²) in [6.45, 7) is 2.36. The maximum absolute atomic E-state index is 9.35. The number of nitrogens with one attached hydrogen (secondary N) is 1. The lowest BCUT2D eigenvalue weighted by Gasteiger charge is -2.35. The third-order valence-electron chi connectivity index (χ3n) is 2.24. The highest BCUT2D eigenvalue weighted by Crippen LogP contribution is 2.14. The van der Waals surface area contributed by atoms with Gasteiger partial charge < -0.3 is 20.6 Å². The van der Waals surface area contributed by atoms with Crippen molar-refractivity contribution in [1.29, 1.82) is 0 Å². The van der Waals surface area contributed by atoms with Gasteiger partial charge in [-0.1, -0.05) is 6.92 Å². The van der Waals surface area contributed by atoms with E-state index in [0.717, 1.165) is 0 Å². The summed E-state index contributed by atoms with van der Waals surface area (Å²) in [6.07, 6.45) is -1.56. The Morgan fingerprint density at radius 2 is 2.00 bits per heavy atom. The van der Waals surface area contributed by atoms with E-state index in [1.807, 2.05) is 6.92 Å². The van der Waals surface area contributed by atoms with Crippen molar-refractivity contribution in [3.63, 3.8) is 0 Å². The van der Waals surface area contributed by atoms with Gasteiger partial charge in [-0.25, -0.2) is 0 Å². The predicted molar refractivity (Wildman–Crippen MR) is 40.1 cm³/mol. The van der Waals surface area contributed by atoms with Crippen LogP contribution in [-0.4, -0.2) is 46.7 Å². The van der Waals surface area contributed by atoms with Gasteiger partial charge >= 0.3 is 0 Å². The summed E-state index contributed by atoms with van der Waals surface area (Å²) in [5.74, 6) is 0.0489. The molecule has 4 heteroatoms. The number of hydrogen-bond acceptors (Lipinski definition) is 4. The van der Waals surface area contributed by atoms with Gasteiger partial charge in [0.1, 0.15) is 0 Å². The van der Waals surface area contributed by atoms with Crippen LogP contribution in [0.4, 0.5) is 0 Å². The Balaban J connectivity index is 2.52. The molecule has 0 spiro atoms. The molecule has 0 amide bonds. The molecule has 1 fully saturated rings. The van der Waals surface area contributed by atoms with Gasteiger partial charge in [-0.15, -0.1) is 0 Å². The molecule has 0 aliphatic carbocycles. The molecule has 0 radical (unpaired) electrons. The summed E-state index contributed by atoms with van der Waals surface area (Å²) < 4.78 is 0. The summed E-state index contributed by atoms with van der Waals surface area (Å²) in [5, 5.41) is 30.4. The van der Waals surface area contributed by atoms with Crippen LogP contribution in [0.1, 0.15) is 6.92 Å². The van der Waals surface area contributed by atoms with Crippen LogP contribution in [0.5, 0.6) is 0 Å². The summed E-state index contributed by atoms with van der Waals surface area (Å²) in [6, 6.07) is -0.374. The first kappa shape index (κ1) is 8.93. The highest BCUT2D eigenvalue weighted by atomic mass is 16.3. The molecule has 1 aliphatic rings. The number of piperidine rings is 1. The maximum atomic E-state index is 9.35. The molecular formula is C7H15NO3. The lowest BCUT2D eigenvalue weighted by molar-refractivity contribution is -0.0639.